The molecule has 2 unspecified atom stereocenters. The first kappa shape index (κ1) is 13.5. The molecule has 4 N–H and O–H groups in total. The molecular formula is C12H24N2O2. The van der Waals surface area contributed by atoms with Gasteiger partial charge in [-0.2, -0.15) is 0 Å². The Morgan fingerprint density at radius 3 is 2.75 bits per heavy atom. The number of nitrogens with two attached hydrogens (primary N) is 1. The van der Waals surface area contributed by atoms with Gasteiger partial charge >= 0.3 is 0 Å². The number of aliphatic hydroxyl groups excluding tert-OH is 1. The zero-order valence-electron chi connectivity index (χ0n) is 10.3. The molecule has 4 nitrogen and oxygen atoms in total. The largest absolute Gasteiger partial charge is 0.396 e. The molecule has 4 heteroatoms. The van der Waals surface area contributed by atoms with Gasteiger partial charge in [0.1, 0.15) is 0 Å². The van der Waals surface area contributed by atoms with Crippen molar-refractivity contribution in [2.75, 3.05) is 19.7 Å². The van der Waals surface area contributed by atoms with Gasteiger partial charge in [-0.05, 0) is 25.3 Å². The number of aliphatic hydroxyl groups is 1. The van der Waals surface area contributed by atoms with E-state index < -0.39 is 0 Å². The quantitative estimate of drug-likeness (QED) is 0.641. The summed E-state index contributed by atoms with van der Waals surface area (Å²) in [5, 5.41) is 12.0. The lowest BCUT2D eigenvalue weighted by molar-refractivity contribution is -0.126. The van der Waals surface area contributed by atoms with E-state index in [9.17, 15) is 4.79 Å². The highest BCUT2D eigenvalue weighted by Crippen LogP contribution is 2.31. The van der Waals surface area contributed by atoms with E-state index in [0.717, 1.165) is 19.3 Å². The smallest absolute Gasteiger partial charge is 0.223 e. The first-order chi connectivity index (χ1) is 7.50. The third-order valence-electron chi connectivity index (χ3n) is 3.47. The predicted octanol–water partition coefficient (Wildman–Crippen LogP) is 0.496. The summed E-state index contributed by atoms with van der Waals surface area (Å²) >= 11 is 0. The number of nitrogens with one attached hydrogen (secondary N) is 1. The van der Waals surface area contributed by atoms with Crippen LogP contribution in [0.3, 0.4) is 0 Å². The molecule has 0 radical (unpaired) electrons. The van der Waals surface area contributed by atoms with Crippen molar-refractivity contribution in [1.82, 2.24) is 5.32 Å². The summed E-state index contributed by atoms with van der Waals surface area (Å²) in [5.74, 6) is 0.534. The molecule has 1 amide bonds. The van der Waals surface area contributed by atoms with Gasteiger partial charge in [-0.25, -0.2) is 0 Å². The molecule has 0 aromatic rings. The van der Waals surface area contributed by atoms with Crippen molar-refractivity contribution >= 4 is 5.91 Å². The zero-order valence-corrected chi connectivity index (χ0v) is 10.3. The van der Waals surface area contributed by atoms with E-state index in [1.54, 1.807) is 0 Å². The van der Waals surface area contributed by atoms with E-state index in [1.165, 1.54) is 0 Å². The highest BCUT2D eigenvalue weighted by molar-refractivity contribution is 5.79. The molecule has 0 bridgehead atoms. The van der Waals surface area contributed by atoms with E-state index in [-0.39, 0.29) is 23.8 Å². The summed E-state index contributed by atoms with van der Waals surface area (Å²) in [6.07, 6.45) is 3.12. The van der Waals surface area contributed by atoms with Crippen LogP contribution in [0, 0.1) is 17.3 Å². The fourth-order valence-corrected chi connectivity index (χ4v) is 2.18. The Balaban J connectivity index is 2.40. The first-order valence-corrected chi connectivity index (χ1v) is 6.09. The van der Waals surface area contributed by atoms with Gasteiger partial charge < -0.3 is 16.2 Å². The number of hydrogen-bond donors (Lipinski definition) is 3. The minimum atomic E-state index is -0.244. The lowest BCUT2D eigenvalue weighted by Gasteiger charge is -2.24. The van der Waals surface area contributed by atoms with Crippen molar-refractivity contribution < 1.29 is 9.90 Å². The molecule has 1 rings (SSSR count). The summed E-state index contributed by atoms with van der Waals surface area (Å²) in [5.41, 5.74) is 5.41. The average molecular weight is 228 g/mol. The normalized spacial score (nSPS) is 25.8. The summed E-state index contributed by atoms with van der Waals surface area (Å²) in [6, 6.07) is 0. The van der Waals surface area contributed by atoms with Crippen molar-refractivity contribution in [1.29, 1.82) is 0 Å². The second-order valence-electron chi connectivity index (χ2n) is 5.57. The van der Waals surface area contributed by atoms with Gasteiger partial charge in [-0.15, -0.1) is 0 Å². The number of hydrogen-bond acceptors (Lipinski definition) is 3. The summed E-state index contributed by atoms with van der Waals surface area (Å²) in [4.78, 5) is 11.9. The molecule has 1 aliphatic rings. The van der Waals surface area contributed by atoms with E-state index >= 15 is 0 Å². The van der Waals surface area contributed by atoms with Crippen LogP contribution in [-0.2, 0) is 4.79 Å². The molecule has 1 saturated carbocycles. The molecule has 0 aliphatic heterocycles. The lowest BCUT2D eigenvalue weighted by Crippen LogP contribution is -2.41. The molecule has 0 saturated heterocycles. The Bertz CT molecular complexity index is 241. The monoisotopic (exact) mass is 228 g/mol. The van der Waals surface area contributed by atoms with Crippen molar-refractivity contribution in [2.45, 2.75) is 33.1 Å². The van der Waals surface area contributed by atoms with Gasteiger partial charge in [-0.1, -0.05) is 20.3 Å². The van der Waals surface area contributed by atoms with Crippen LogP contribution in [0.5, 0.6) is 0 Å². The summed E-state index contributed by atoms with van der Waals surface area (Å²) in [7, 11) is 0. The predicted molar refractivity (Wildman–Crippen MR) is 63.8 cm³/mol. The van der Waals surface area contributed by atoms with Crippen LogP contribution in [0.25, 0.3) is 0 Å². The molecule has 1 fully saturated rings. The Kier molecular flexibility index (Phi) is 4.74. The Hall–Kier alpha value is -0.610. The zero-order chi connectivity index (χ0) is 12.2. The van der Waals surface area contributed by atoms with Gasteiger partial charge in [0.25, 0.3) is 0 Å². The third kappa shape index (κ3) is 3.46. The standard InChI is InChI=1S/C12H24N2O2/c1-12(2,8-15)7-14-11(16)10-5-3-4-9(10)6-13/h9-10,15H,3-8,13H2,1-2H3,(H,14,16). The van der Waals surface area contributed by atoms with Crippen LogP contribution in [0.15, 0.2) is 0 Å². The first-order valence-electron chi connectivity index (χ1n) is 6.09. The molecule has 0 heterocycles. The SMILES string of the molecule is CC(C)(CO)CNC(=O)C1CCCC1CN. The maximum absolute atomic E-state index is 11.9. The summed E-state index contributed by atoms with van der Waals surface area (Å²) < 4.78 is 0. The minimum Gasteiger partial charge on any atom is -0.396 e. The van der Waals surface area contributed by atoms with E-state index in [0.29, 0.717) is 19.0 Å². The van der Waals surface area contributed by atoms with Crippen LogP contribution < -0.4 is 11.1 Å². The fourth-order valence-electron chi connectivity index (χ4n) is 2.18. The van der Waals surface area contributed by atoms with Gasteiger partial charge in [0.05, 0.1) is 0 Å². The molecule has 16 heavy (non-hydrogen) atoms. The highest BCUT2D eigenvalue weighted by atomic mass is 16.3. The molecule has 1 aliphatic carbocycles. The molecular weight excluding hydrogens is 204 g/mol. The van der Waals surface area contributed by atoms with Gasteiger partial charge in [0.2, 0.25) is 5.91 Å². The van der Waals surface area contributed by atoms with Crippen LogP contribution >= 0.6 is 0 Å². The van der Waals surface area contributed by atoms with E-state index in [2.05, 4.69) is 5.32 Å². The molecule has 2 atom stereocenters. The Labute approximate surface area is 97.6 Å². The Morgan fingerprint density at radius 2 is 2.19 bits per heavy atom. The van der Waals surface area contributed by atoms with Crippen LogP contribution in [0.4, 0.5) is 0 Å². The molecule has 0 spiro atoms. The van der Waals surface area contributed by atoms with Gasteiger partial charge in [0.15, 0.2) is 0 Å². The second kappa shape index (κ2) is 5.64. The summed E-state index contributed by atoms with van der Waals surface area (Å²) in [6.45, 7) is 5.07. The Morgan fingerprint density at radius 1 is 1.50 bits per heavy atom. The maximum atomic E-state index is 11.9. The van der Waals surface area contributed by atoms with E-state index in [1.807, 2.05) is 13.8 Å². The lowest BCUT2D eigenvalue weighted by atomic mass is 9.92. The molecule has 0 aromatic heterocycles. The van der Waals surface area contributed by atoms with Crippen molar-refractivity contribution in [3.63, 3.8) is 0 Å². The van der Waals surface area contributed by atoms with Crippen molar-refractivity contribution in [3.8, 4) is 0 Å². The van der Waals surface area contributed by atoms with Gasteiger partial charge in [-0.3, -0.25) is 4.79 Å². The average Bonchev–Trinajstić information content (AvgIpc) is 2.74. The van der Waals surface area contributed by atoms with Gasteiger partial charge in [0, 0.05) is 24.5 Å². The highest BCUT2D eigenvalue weighted by Gasteiger charge is 2.32. The van der Waals surface area contributed by atoms with Crippen LogP contribution in [-0.4, -0.2) is 30.7 Å². The second-order valence-corrected chi connectivity index (χ2v) is 5.57. The van der Waals surface area contributed by atoms with Crippen molar-refractivity contribution in [3.05, 3.63) is 0 Å². The number of carbonyl (C=O) groups is 1. The minimum absolute atomic E-state index is 0.0816. The fraction of sp³-hybridized carbons (Fsp3) is 0.917. The number of amides is 1. The topological polar surface area (TPSA) is 75.3 Å². The number of rotatable bonds is 5. The van der Waals surface area contributed by atoms with E-state index in [4.69, 9.17) is 10.8 Å². The molecule has 0 aromatic carbocycles. The van der Waals surface area contributed by atoms with Crippen LogP contribution in [0.2, 0.25) is 0 Å². The number of carbonyl (C=O) groups excluding carboxylic acids is 1. The molecule has 94 valence electrons. The van der Waals surface area contributed by atoms with Crippen LogP contribution in [0.1, 0.15) is 33.1 Å². The third-order valence-corrected chi connectivity index (χ3v) is 3.47. The van der Waals surface area contributed by atoms with Crippen molar-refractivity contribution in [2.24, 2.45) is 23.0 Å². The maximum Gasteiger partial charge on any atom is 0.223 e.